The van der Waals surface area contributed by atoms with Gasteiger partial charge in [0, 0.05) is 32.6 Å². The van der Waals surface area contributed by atoms with Crippen molar-refractivity contribution in [1.29, 1.82) is 0 Å². The number of benzene rings is 2. The first kappa shape index (κ1) is 17.4. The van der Waals surface area contributed by atoms with E-state index in [-0.39, 0.29) is 11.7 Å². The fourth-order valence-corrected chi connectivity index (χ4v) is 2.93. The number of carbonyl (C=O) groups is 1. The molecular weight excluding hydrogens is 319 g/mol. The monoisotopic (exact) mass is 342 g/mol. The van der Waals surface area contributed by atoms with Gasteiger partial charge in [-0.1, -0.05) is 24.3 Å². The van der Waals surface area contributed by atoms with Crippen molar-refractivity contribution in [2.24, 2.45) is 0 Å². The summed E-state index contributed by atoms with van der Waals surface area (Å²) in [7, 11) is 0. The van der Waals surface area contributed by atoms with Gasteiger partial charge in [-0.3, -0.25) is 4.79 Å². The zero-order valence-electron chi connectivity index (χ0n) is 14.2. The minimum absolute atomic E-state index is 0.254. The summed E-state index contributed by atoms with van der Waals surface area (Å²) in [6.07, 6.45) is 1.66. The molecule has 0 spiro atoms. The molecule has 5 heteroatoms. The average Bonchev–Trinajstić information content (AvgIpc) is 3.02. The molecule has 0 unspecified atom stereocenters. The Kier molecular flexibility index (Phi) is 6.01. The van der Waals surface area contributed by atoms with Crippen molar-refractivity contribution in [3.8, 4) is 5.75 Å². The lowest BCUT2D eigenvalue weighted by molar-refractivity contribution is -0.127. The maximum absolute atomic E-state index is 13.2. The highest BCUT2D eigenvalue weighted by atomic mass is 19.1. The highest BCUT2D eigenvalue weighted by Gasteiger charge is 2.18. The molecule has 1 fully saturated rings. The van der Waals surface area contributed by atoms with E-state index >= 15 is 0 Å². The van der Waals surface area contributed by atoms with Crippen LogP contribution in [-0.2, 0) is 17.9 Å². The van der Waals surface area contributed by atoms with Crippen LogP contribution in [0.15, 0.2) is 48.5 Å². The van der Waals surface area contributed by atoms with Crippen LogP contribution in [0.1, 0.15) is 24.0 Å². The van der Waals surface area contributed by atoms with Crippen molar-refractivity contribution in [3.05, 3.63) is 65.5 Å². The average molecular weight is 342 g/mol. The van der Waals surface area contributed by atoms with Crippen LogP contribution in [0.2, 0.25) is 0 Å². The van der Waals surface area contributed by atoms with E-state index in [9.17, 15) is 9.18 Å². The van der Waals surface area contributed by atoms with Gasteiger partial charge in [0.2, 0.25) is 5.91 Å². The van der Waals surface area contributed by atoms with E-state index in [0.717, 1.165) is 49.5 Å². The summed E-state index contributed by atoms with van der Waals surface area (Å²) in [5.74, 6) is 0.767. The summed E-state index contributed by atoms with van der Waals surface area (Å²) in [6.45, 7) is 3.48. The molecule has 1 aliphatic rings. The van der Waals surface area contributed by atoms with E-state index in [0.29, 0.717) is 13.0 Å². The first-order chi connectivity index (χ1) is 12.2. The fourth-order valence-electron chi connectivity index (χ4n) is 2.93. The molecule has 1 N–H and O–H groups in total. The van der Waals surface area contributed by atoms with Gasteiger partial charge >= 0.3 is 0 Å². The number of hydrogen-bond acceptors (Lipinski definition) is 3. The van der Waals surface area contributed by atoms with Gasteiger partial charge in [-0.05, 0) is 41.8 Å². The van der Waals surface area contributed by atoms with Crippen molar-refractivity contribution in [3.63, 3.8) is 0 Å². The molecule has 0 atom stereocenters. The summed E-state index contributed by atoms with van der Waals surface area (Å²) in [5, 5.41) is 3.36. The van der Waals surface area contributed by atoms with E-state index in [1.165, 1.54) is 12.1 Å². The highest BCUT2D eigenvalue weighted by Crippen LogP contribution is 2.16. The Hall–Kier alpha value is -2.40. The molecule has 1 heterocycles. The minimum Gasteiger partial charge on any atom is -0.489 e. The molecular formula is C20H23FN2O2. The zero-order valence-corrected chi connectivity index (χ0v) is 14.2. The Bertz CT molecular complexity index is 720. The number of ether oxygens (including phenoxy) is 1. The third-order valence-corrected chi connectivity index (χ3v) is 4.25. The molecule has 1 amide bonds. The molecule has 132 valence electrons. The Morgan fingerprint density at radius 2 is 1.96 bits per heavy atom. The quantitative estimate of drug-likeness (QED) is 0.750. The van der Waals surface area contributed by atoms with Crippen LogP contribution in [0.4, 0.5) is 4.39 Å². The molecule has 1 saturated heterocycles. The number of amides is 1. The number of halogens is 1. The molecule has 2 aromatic rings. The van der Waals surface area contributed by atoms with Crippen LogP contribution >= 0.6 is 0 Å². The molecule has 0 aliphatic carbocycles. The standard InChI is InChI=1S/C20H23FN2O2/c21-18-6-1-5-17(12-18)15-25-19-7-2-4-16(13-19)14-22-9-11-23-10-3-8-20(23)24/h1-2,4-7,12-13,22H,3,8-11,14-15H2. The van der Waals surface area contributed by atoms with Crippen molar-refractivity contribution < 1.29 is 13.9 Å². The van der Waals surface area contributed by atoms with Gasteiger partial charge < -0.3 is 15.0 Å². The maximum Gasteiger partial charge on any atom is 0.222 e. The van der Waals surface area contributed by atoms with Crippen LogP contribution < -0.4 is 10.1 Å². The number of nitrogens with zero attached hydrogens (tertiary/aromatic N) is 1. The van der Waals surface area contributed by atoms with Gasteiger partial charge in [-0.2, -0.15) is 0 Å². The van der Waals surface area contributed by atoms with E-state index in [2.05, 4.69) is 5.32 Å². The largest absolute Gasteiger partial charge is 0.489 e. The molecule has 25 heavy (non-hydrogen) atoms. The zero-order chi connectivity index (χ0) is 17.5. The highest BCUT2D eigenvalue weighted by molar-refractivity contribution is 5.78. The van der Waals surface area contributed by atoms with Gasteiger partial charge in [0.05, 0.1) is 0 Å². The molecule has 1 aliphatic heterocycles. The topological polar surface area (TPSA) is 41.6 Å². The van der Waals surface area contributed by atoms with E-state index in [1.54, 1.807) is 6.07 Å². The lowest BCUT2D eigenvalue weighted by Gasteiger charge is -2.15. The second kappa shape index (κ2) is 8.62. The van der Waals surface area contributed by atoms with Crippen LogP contribution in [0.5, 0.6) is 5.75 Å². The maximum atomic E-state index is 13.2. The Balaban J connectivity index is 1.43. The van der Waals surface area contributed by atoms with Crippen molar-refractivity contribution in [2.75, 3.05) is 19.6 Å². The van der Waals surface area contributed by atoms with Gasteiger partial charge in [0.25, 0.3) is 0 Å². The summed E-state index contributed by atoms with van der Waals surface area (Å²) >= 11 is 0. The number of nitrogens with one attached hydrogen (secondary N) is 1. The van der Waals surface area contributed by atoms with Crippen molar-refractivity contribution in [2.45, 2.75) is 26.0 Å². The predicted molar refractivity (Wildman–Crippen MR) is 94.7 cm³/mol. The van der Waals surface area contributed by atoms with Crippen molar-refractivity contribution in [1.82, 2.24) is 10.2 Å². The molecule has 4 nitrogen and oxygen atoms in total. The van der Waals surface area contributed by atoms with Crippen LogP contribution in [0, 0.1) is 5.82 Å². The lowest BCUT2D eigenvalue weighted by atomic mass is 10.2. The third-order valence-electron chi connectivity index (χ3n) is 4.25. The molecule has 0 saturated carbocycles. The lowest BCUT2D eigenvalue weighted by Crippen LogP contribution is -2.32. The van der Waals surface area contributed by atoms with Gasteiger partial charge in [0.1, 0.15) is 18.2 Å². The molecule has 0 radical (unpaired) electrons. The summed E-state index contributed by atoms with van der Waals surface area (Å²) in [5.41, 5.74) is 1.92. The summed E-state index contributed by atoms with van der Waals surface area (Å²) in [4.78, 5) is 13.5. The first-order valence-corrected chi connectivity index (χ1v) is 8.65. The number of hydrogen-bond donors (Lipinski definition) is 1. The van der Waals surface area contributed by atoms with E-state index < -0.39 is 0 Å². The molecule has 0 bridgehead atoms. The smallest absolute Gasteiger partial charge is 0.222 e. The first-order valence-electron chi connectivity index (χ1n) is 8.65. The van der Waals surface area contributed by atoms with Gasteiger partial charge in [0.15, 0.2) is 0 Å². The van der Waals surface area contributed by atoms with Crippen molar-refractivity contribution >= 4 is 5.91 Å². The number of carbonyl (C=O) groups excluding carboxylic acids is 1. The van der Waals surface area contributed by atoms with E-state index in [1.807, 2.05) is 35.2 Å². The van der Waals surface area contributed by atoms with Crippen LogP contribution in [0.25, 0.3) is 0 Å². The Labute approximate surface area is 147 Å². The van der Waals surface area contributed by atoms with Crippen LogP contribution in [0.3, 0.4) is 0 Å². The summed E-state index contributed by atoms with van der Waals surface area (Å²) < 4.78 is 18.9. The molecule has 2 aromatic carbocycles. The molecule has 0 aromatic heterocycles. The second-order valence-corrected chi connectivity index (χ2v) is 6.23. The van der Waals surface area contributed by atoms with Gasteiger partial charge in [-0.15, -0.1) is 0 Å². The van der Waals surface area contributed by atoms with E-state index in [4.69, 9.17) is 4.74 Å². The predicted octanol–water partition coefficient (Wildman–Crippen LogP) is 3.12. The third kappa shape index (κ3) is 5.29. The summed E-state index contributed by atoms with van der Waals surface area (Å²) in [6, 6.07) is 14.3. The second-order valence-electron chi connectivity index (χ2n) is 6.23. The number of likely N-dealkylation sites (tertiary alicyclic amines) is 1. The molecule has 3 rings (SSSR count). The Morgan fingerprint density at radius 3 is 2.76 bits per heavy atom. The minimum atomic E-state index is -0.254. The Morgan fingerprint density at radius 1 is 1.12 bits per heavy atom. The fraction of sp³-hybridized carbons (Fsp3) is 0.350. The van der Waals surface area contributed by atoms with Crippen LogP contribution in [-0.4, -0.2) is 30.4 Å². The van der Waals surface area contributed by atoms with Gasteiger partial charge in [-0.25, -0.2) is 4.39 Å². The SMILES string of the molecule is O=C1CCCN1CCNCc1cccc(OCc2cccc(F)c2)c1. The normalized spacial score (nSPS) is 14.1. The number of rotatable bonds is 8.